The quantitative estimate of drug-likeness (QED) is 0.828. The molecule has 1 N–H and O–H groups in total. The molecule has 6 heteroatoms. The Hall–Kier alpha value is -2.76. The van der Waals surface area contributed by atoms with Crippen molar-refractivity contribution in [1.29, 1.82) is 0 Å². The minimum atomic E-state index is -0.487. The molecule has 0 unspecified atom stereocenters. The molecule has 0 atom stereocenters. The molecular formula is C23H31N3O3. The topological polar surface area (TPSA) is 63.6 Å². The first kappa shape index (κ1) is 21.0. The van der Waals surface area contributed by atoms with Crippen LogP contribution in [0.4, 0.5) is 4.79 Å². The zero-order valence-electron chi connectivity index (χ0n) is 17.6. The summed E-state index contributed by atoms with van der Waals surface area (Å²) in [5.41, 5.74) is 1.39. The number of benzene rings is 1. The molecule has 6 nitrogen and oxygen atoms in total. The highest BCUT2D eigenvalue weighted by Crippen LogP contribution is 2.25. The molecule has 29 heavy (non-hydrogen) atoms. The van der Waals surface area contributed by atoms with Crippen LogP contribution in [0.3, 0.4) is 0 Å². The van der Waals surface area contributed by atoms with Crippen molar-refractivity contribution in [2.24, 2.45) is 0 Å². The van der Waals surface area contributed by atoms with Crippen LogP contribution in [0, 0.1) is 0 Å². The second-order valence-corrected chi connectivity index (χ2v) is 8.49. The van der Waals surface area contributed by atoms with Crippen molar-refractivity contribution in [3.63, 3.8) is 0 Å². The van der Waals surface area contributed by atoms with Crippen LogP contribution in [-0.2, 0) is 11.2 Å². The maximum atomic E-state index is 12.7. The maximum absolute atomic E-state index is 12.7. The number of piperidine rings is 1. The lowest BCUT2D eigenvalue weighted by molar-refractivity contribution is 0.0187. The average molecular weight is 398 g/mol. The lowest BCUT2D eigenvalue weighted by atomic mass is 10.0. The van der Waals surface area contributed by atoms with Gasteiger partial charge in [-0.3, -0.25) is 4.79 Å². The highest BCUT2D eigenvalue weighted by atomic mass is 16.6. The molecule has 2 amide bonds. The van der Waals surface area contributed by atoms with E-state index in [1.807, 2.05) is 61.9 Å². The number of aromatic nitrogens is 1. The Bertz CT molecular complexity index is 815. The van der Waals surface area contributed by atoms with Crippen molar-refractivity contribution in [1.82, 2.24) is 14.8 Å². The first-order valence-electron chi connectivity index (χ1n) is 10.3. The van der Waals surface area contributed by atoms with Crippen LogP contribution < -0.4 is 5.32 Å². The molecule has 1 aromatic carbocycles. The van der Waals surface area contributed by atoms with Crippen LogP contribution in [0.1, 0.15) is 55.7 Å². The van der Waals surface area contributed by atoms with E-state index in [9.17, 15) is 9.59 Å². The molecule has 0 aliphatic carbocycles. The van der Waals surface area contributed by atoms with Crippen LogP contribution in [0.2, 0.25) is 0 Å². The fourth-order valence-corrected chi connectivity index (χ4v) is 3.61. The Morgan fingerprint density at radius 1 is 1.07 bits per heavy atom. The van der Waals surface area contributed by atoms with Gasteiger partial charge in [0.2, 0.25) is 0 Å². The number of likely N-dealkylation sites (tertiary alicyclic amines) is 1. The number of ether oxygens (including phenoxy) is 1. The van der Waals surface area contributed by atoms with Crippen molar-refractivity contribution < 1.29 is 14.3 Å². The number of rotatable bonds is 5. The maximum Gasteiger partial charge on any atom is 0.410 e. The summed E-state index contributed by atoms with van der Waals surface area (Å²) in [5.74, 6) is -0.0551. The van der Waals surface area contributed by atoms with E-state index in [-0.39, 0.29) is 18.0 Å². The molecule has 3 rings (SSSR count). The van der Waals surface area contributed by atoms with Gasteiger partial charge in [-0.2, -0.15) is 0 Å². The number of hydrogen-bond acceptors (Lipinski definition) is 3. The van der Waals surface area contributed by atoms with Crippen LogP contribution >= 0.6 is 0 Å². The van der Waals surface area contributed by atoms with E-state index < -0.39 is 5.60 Å². The highest BCUT2D eigenvalue weighted by molar-refractivity contribution is 5.92. The highest BCUT2D eigenvalue weighted by Gasteiger charge is 2.28. The van der Waals surface area contributed by atoms with Crippen LogP contribution in [0.5, 0.6) is 0 Å². The molecule has 156 valence electrons. The SMILES string of the molecule is CC(C)(C)OC(=O)N1CCC(n2cccc2C(=O)NCCc2ccccc2)CC1. The third-order valence-electron chi connectivity index (χ3n) is 5.06. The van der Waals surface area contributed by atoms with E-state index in [0.717, 1.165) is 19.3 Å². The summed E-state index contributed by atoms with van der Waals surface area (Å²) in [5, 5.41) is 3.02. The molecule has 2 aromatic rings. The second-order valence-electron chi connectivity index (χ2n) is 8.49. The van der Waals surface area contributed by atoms with Crippen molar-refractivity contribution in [2.45, 2.75) is 51.7 Å². The van der Waals surface area contributed by atoms with E-state index in [4.69, 9.17) is 4.74 Å². The van der Waals surface area contributed by atoms with E-state index in [1.54, 1.807) is 4.90 Å². The van der Waals surface area contributed by atoms with Gasteiger partial charge in [0.25, 0.3) is 5.91 Å². The van der Waals surface area contributed by atoms with Gasteiger partial charge in [-0.05, 0) is 57.7 Å². The van der Waals surface area contributed by atoms with Crippen molar-refractivity contribution in [3.8, 4) is 0 Å². The molecule has 1 aliphatic rings. The summed E-state index contributed by atoms with van der Waals surface area (Å²) in [7, 11) is 0. The smallest absolute Gasteiger partial charge is 0.410 e. The Morgan fingerprint density at radius 2 is 1.76 bits per heavy atom. The van der Waals surface area contributed by atoms with Crippen LogP contribution in [-0.4, -0.2) is 46.7 Å². The zero-order chi connectivity index (χ0) is 20.9. The molecule has 0 bridgehead atoms. The summed E-state index contributed by atoms with van der Waals surface area (Å²) in [6, 6.07) is 14.1. The van der Waals surface area contributed by atoms with E-state index >= 15 is 0 Å². The standard InChI is InChI=1S/C23H31N3O3/c1-23(2,3)29-22(28)25-16-12-19(13-17-25)26-15-7-10-20(26)21(27)24-14-11-18-8-5-4-6-9-18/h4-10,15,19H,11-14,16-17H2,1-3H3,(H,24,27). The fourth-order valence-electron chi connectivity index (χ4n) is 3.61. The lowest BCUT2D eigenvalue weighted by Gasteiger charge is -2.34. The van der Waals surface area contributed by atoms with Gasteiger partial charge in [0.15, 0.2) is 0 Å². The van der Waals surface area contributed by atoms with Gasteiger partial charge in [0.1, 0.15) is 11.3 Å². The van der Waals surface area contributed by atoms with Gasteiger partial charge in [0, 0.05) is 31.9 Å². The predicted molar refractivity (Wildman–Crippen MR) is 113 cm³/mol. The van der Waals surface area contributed by atoms with Gasteiger partial charge in [-0.1, -0.05) is 30.3 Å². The molecule has 1 fully saturated rings. The number of carbonyl (C=O) groups excluding carboxylic acids is 2. The molecule has 0 saturated carbocycles. The molecular weight excluding hydrogens is 366 g/mol. The Balaban J connectivity index is 1.52. The first-order chi connectivity index (χ1) is 13.8. The van der Waals surface area contributed by atoms with Gasteiger partial charge < -0.3 is 19.5 Å². The monoisotopic (exact) mass is 397 g/mol. The normalized spacial score (nSPS) is 15.2. The number of carbonyl (C=O) groups is 2. The minimum Gasteiger partial charge on any atom is -0.444 e. The Kier molecular flexibility index (Phi) is 6.62. The van der Waals surface area contributed by atoms with Gasteiger partial charge >= 0.3 is 6.09 Å². The summed E-state index contributed by atoms with van der Waals surface area (Å²) in [6.07, 6.45) is 4.11. The van der Waals surface area contributed by atoms with Crippen molar-refractivity contribution in [3.05, 3.63) is 59.9 Å². The molecule has 0 spiro atoms. The average Bonchev–Trinajstić information content (AvgIpc) is 3.17. The largest absolute Gasteiger partial charge is 0.444 e. The second kappa shape index (κ2) is 9.16. The number of nitrogens with one attached hydrogen (secondary N) is 1. The molecule has 0 radical (unpaired) electrons. The fraction of sp³-hybridized carbons (Fsp3) is 0.478. The Labute approximate surface area is 172 Å². The van der Waals surface area contributed by atoms with Crippen molar-refractivity contribution >= 4 is 12.0 Å². The van der Waals surface area contributed by atoms with E-state index in [0.29, 0.717) is 25.3 Å². The zero-order valence-corrected chi connectivity index (χ0v) is 17.6. The summed E-state index contributed by atoms with van der Waals surface area (Å²) >= 11 is 0. The summed E-state index contributed by atoms with van der Waals surface area (Å²) in [4.78, 5) is 26.7. The third-order valence-corrected chi connectivity index (χ3v) is 5.06. The minimum absolute atomic E-state index is 0.0551. The van der Waals surface area contributed by atoms with E-state index in [1.165, 1.54) is 5.56 Å². The lowest BCUT2D eigenvalue weighted by Crippen LogP contribution is -2.42. The van der Waals surface area contributed by atoms with Crippen LogP contribution in [0.15, 0.2) is 48.7 Å². The van der Waals surface area contributed by atoms with Gasteiger partial charge in [0.05, 0.1) is 0 Å². The first-order valence-corrected chi connectivity index (χ1v) is 10.3. The molecule has 1 saturated heterocycles. The Morgan fingerprint density at radius 3 is 2.41 bits per heavy atom. The molecule has 1 aliphatic heterocycles. The summed E-state index contributed by atoms with van der Waals surface area (Å²) < 4.78 is 7.51. The number of amides is 2. The molecule has 2 heterocycles. The van der Waals surface area contributed by atoms with Gasteiger partial charge in [-0.15, -0.1) is 0 Å². The molecule has 1 aromatic heterocycles. The van der Waals surface area contributed by atoms with E-state index in [2.05, 4.69) is 17.4 Å². The van der Waals surface area contributed by atoms with Crippen LogP contribution in [0.25, 0.3) is 0 Å². The van der Waals surface area contributed by atoms with Crippen molar-refractivity contribution in [2.75, 3.05) is 19.6 Å². The summed E-state index contributed by atoms with van der Waals surface area (Å²) in [6.45, 7) is 7.49. The van der Waals surface area contributed by atoms with Gasteiger partial charge in [-0.25, -0.2) is 4.79 Å². The number of nitrogens with zero attached hydrogens (tertiary/aromatic N) is 2. The third kappa shape index (κ3) is 5.86. The predicted octanol–water partition coefficient (Wildman–Crippen LogP) is 4.03. The number of hydrogen-bond donors (Lipinski definition) is 1.